The van der Waals surface area contributed by atoms with Gasteiger partial charge in [-0.1, -0.05) is 6.07 Å². The molecular formula is C13H18N4O. The van der Waals surface area contributed by atoms with Crippen LogP contribution in [0.25, 0.3) is 0 Å². The average molecular weight is 246 g/mol. The molecule has 0 aliphatic carbocycles. The maximum Gasteiger partial charge on any atom is 0.212 e. The Morgan fingerprint density at radius 1 is 1.39 bits per heavy atom. The zero-order valence-corrected chi connectivity index (χ0v) is 10.9. The van der Waals surface area contributed by atoms with Crippen LogP contribution < -0.4 is 10.1 Å². The van der Waals surface area contributed by atoms with Crippen LogP contribution in [0.5, 0.6) is 5.88 Å². The van der Waals surface area contributed by atoms with E-state index in [1.54, 1.807) is 7.11 Å². The van der Waals surface area contributed by atoms with Crippen LogP contribution in [-0.2, 0) is 13.6 Å². The molecule has 0 saturated carbocycles. The summed E-state index contributed by atoms with van der Waals surface area (Å²) < 4.78 is 7.04. The third kappa shape index (κ3) is 2.87. The largest absolute Gasteiger partial charge is 0.481 e. The van der Waals surface area contributed by atoms with Gasteiger partial charge in [-0.05, 0) is 12.5 Å². The number of ether oxygens (including phenoxy) is 1. The van der Waals surface area contributed by atoms with E-state index in [2.05, 4.69) is 22.2 Å². The van der Waals surface area contributed by atoms with Gasteiger partial charge in [-0.3, -0.25) is 0 Å². The van der Waals surface area contributed by atoms with Crippen LogP contribution in [-0.4, -0.2) is 21.6 Å². The van der Waals surface area contributed by atoms with E-state index in [0.29, 0.717) is 5.88 Å². The molecule has 0 amide bonds. The number of nitrogens with one attached hydrogen (secondary N) is 1. The predicted octanol–water partition coefficient (Wildman–Crippen LogP) is 1.67. The standard InChI is InChI=1S/C13H18N4O/c1-10(13-14-6-7-17(13)2)15-8-11-4-5-12(18-3)16-9-11/h4-7,9-10,15H,8H2,1-3H3. The Bertz CT molecular complexity index is 492. The van der Waals surface area contributed by atoms with E-state index in [1.165, 1.54) is 0 Å². The lowest BCUT2D eigenvalue weighted by Crippen LogP contribution is -2.21. The van der Waals surface area contributed by atoms with Gasteiger partial charge in [0.2, 0.25) is 5.88 Å². The lowest BCUT2D eigenvalue weighted by Gasteiger charge is -2.13. The van der Waals surface area contributed by atoms with Crippen molar-refractivity contribution in [3.8, 4) is 5.88 Å². The highest BCUT2D eigenvalue weighted by Gasteiger charge is 2.09. The number of nitrogens with zero attached hydrogens (tertiary/aromatic N) is 3. The minimum Gasteiger partial charge on any atom is -0.481 e. The van der Waals surface area contributed by atoms with E-state index >= 15 is 0 Å². The number of imidazole rings is 1. The fraction of sp³-hybridized carbons (Fsp3) is 0.385. The molecule has 0 spiro atoms. The summed E-state index contributed by atoms with van der Waals surface area (Å²) >= 11 is 0. The Morgan fingerprint density at radius 2 is 2.22 bits per heavy atom. The first-order chi connectivity index (χ1) is 8.70. The number of methoxy groups -OCH3 is 1. The van der Waals surface area contributed by atoms with Gasteiger partial charge in [-0.15, -0.1) is 0 Å². The molecule has 0 radical (unpaired) electrons. The van der Waals surface area contributed by atoms with Gasteiger partial charge in [0.25, 0.3) is 0 Å². The number of rotatable bonds is 5. The predicted molar refractivity (Wildman–Crippen MR) is 69.3 cm³/mol. The van der Waals surface area contributed by atoms with Crippen molar-refractivity contribution in [2.75, 3.05) is 7.11 Å². The molecule has 5 nitrogen and oxygen atoms in total. The average Bonchev–Trinajstić information content (AvgIpc) is 2.83. The molecule has 96 valence electrons. The second-order valence-electron chi connectivity index (χ2n) is 4.21. The van der Waals surface area contributed by atoms with Gasteiger partial charge in [0.15, 0.2) is 0 Å². The molecule has 2 aromatic heterocycles. The van der Waals surface area contributed by atoms with Crippen LogP contribution in [0.1, 0.15) is 24.4 Å². The SMILES string of the molecule is COc1ccc(CNC(C)c2nccn2C)cn1. The molecule has 0 aromatic carbocycles. The summed E-state index contributed by atoms with van der Waals surface area (Å²) in [5.41, 5.74) is 1.12. The molecule has 1 unspecified atom stereocenters. The number of aryl methyl sites for hydroxylation is 1. The molecule has 2 rings (SSSR count). The first-order valence-corrected chi connectivity index (χ1v) is 5.90. The first-order valence-electron chi connectivity index (χ1n) is 5.90. The summed E-state index contributed by atoms with van der Waals surface area (Å²) in [6.45, 7) is 2.85. The second-order valence-corrected chi connectivity index (χ2v) is 4.21. The van der Waals surface area contributed by atoms with Crippen molar-refractivity contribution in [2.24, 2.45) is 7.05 Å². The van der Waals surface area contributed by atoms with Crippen molar-refractivity contribution in [1.82, 2.24) is 19.9 Å². The zero-order chi connectivity index (χ0) is 13.0. The molecule has 2 heterocycles. The topological polar surface area (TPSA) is 52.0 Å². The van der Waals surface area contributed by atoms with Crippen LogP contribution in [0.3, 0.4) is 0 Å². The van der Waals surface area contributed by atoms with Gasteiger partial charge in [0.1, 0.15) is 5.82 Å². The smallest absolute Gasteiger partial charge is 0.212 e. The van der Waals surface area contributed by atoms with E-state index in [4.69, 9.17) is 4.74 Å². The van der Waals surface area contributed by atoms with E-state index in [9.17, 15) is 0 Å². The molecule has 5 heteroatoms. The van der Waals surface area contributed by atoms with Crippen LogP contribution in [0, 0.1) is 0 Å². The van der Waals surface area contributed by atoms with Gasteiger partial charge in [0.05, 0.1) is 13.2 Å². The summed E-state index contributed by atoms with van der Waals surface area (Å²) in [6, 6.07) is 4.07. The van der Waals surface area contributed by atoms with Crippen molar-refractivity contribution in [3.63, 3.8) is 0 Å². The molecule has 0 bridgehead atoms. The Hall–Kier alpha value is -1.88. The lowest BCUT2D eigenvalue weighted by atomic mass is 10.2. The fourth-order valence-electron chi connectivity index (χ4n) is 1.79. The maximum atomic E-state index is 5.02. The van der Waals surface area contributed by atoms with Crippen LogP contribution in [0.4, 0.5) is 0 Å². The van der Waals surface area contributed by atoms with Crippen molar-refractivity contribution >= 4 is 0 Å². The molecule has 18 heavy (non-hydrogen) atoms. The molecule has 0 aliphatic rings. The monoisotopic (exact) mass is 246 g/mol. The van der Waals surface area contributed by atoms with Gasteiger partial charge in [-0.25, -0.2) is 9.97 Å². The summed E-state index contributed by atoms with van der Waals surface area (Å²) in [5, 5.41) is 3.42. The molecule has 0 aliphatic heterocycles. The number of pyridine rings is 1. The highest BCUT2D eigenvalue weighted by molar-refractivity contribution is 5.17. The van der Waals surface area contributed by atoms with Crippen LogP contribution in [0.15, 0.2) is 30.7 Å². The third-order valence-corrected chi connectivity index (χ3v) is 2.86. The molecular weight excluding hydrogens is 228 g/mol. The number of hydrogen-bond donors (Lipinski definition) is 1. The number of aromatic nitrogens is 3. The van der Waals surface area contributed by atoms with Gasteiger partial charge in [-0.2, -0.15) is 0 Å². The third-order valence-electron chi connectivity index (χ3n) is 2.86. The van der Waals surface area contributed by atoms with Crippen molar-refractivity contribution < 1.29 is 4.74 Å². The molecule has 2 aromatic rings. The summed E-state index contributed by atoms with van der Waals surface area (Å²) in [6.07, 6.45) is 5.57. The quantitative estimate of drug-likeness (QED) is 0.872. The summed E-state index contributed by atoms with van der Waals surface area (Å²) in [7, 11) is 3.61. The van der Waals surface area contributed by atoms with Gasteiger partial charge >= 0.3 is 0 Å². The van der Waals surface area contributed by atoms with Crippen molar-refractivity contribution in [2.45, 2.75) is 19.5 Å². The Balaban J connectivity index is 1.93. The highest BCUT2D eigenvalue weighted by atomic mass is 16.5. The Labute approximate surface area is 107 Å². The van der Waals surface area contributed by atoms with Crippen LogP contribution >= 0.6 is 0 Å². The highest BCUT2D eigenvalue weighted by Crippen LogP contribution is 2.11. The van der Waals surface area contributed by atoms with Crippen molar-refractivity contribution in [1.29, 1.82) is 0 Å². The van der Waals surface area contributed by atoms with E-state index < -0.39 is 0 Å². The van der Waals surface area contributed by atoms with Crippen molar-refractivity contribution in [3.05, 3.63) is 42.1 Å². The molecule has 1 atom stereocenters. The van der Waals surface area contributed by atoms with Gasteiger partial charge < -0.3 is 14.6 Å². The van der Waals surface area contributed by atoms with Crippen LogP contribution in [0.2, 0.25) is 0 Å². The molecule has 0 saturated heterocycles. The first kappa shape index (κ1) is 12.6. The Morgan fingerprint density at radius 3 is 2.78 bits per heavy atom. The Kier molecular flexibility index (Phi) is 3.94. The molecule has 0 fully saturated rings. The maximum absolute atomic E-state index is 5.02. The number of hydrogen-bond acceptors (Lipinski definition) is 4. The summed E-state index contributed by atoms with van der Waals surface area (Å²) in [5.74, 6) is 1.66. The normalized spacial score (nSPS) is 12.4. The van der Waals surface area contributed by atoms with Gasteiger partial charge in [0, 0.05) is 38.2 Å². The second kappa shape index (κ2) is 5.64. The fourth-order valence-corrected chi connectivity index (χ4v) is 1.79. The van der Waals surface area contributed by atoms with E-state index in [1.807, 2.05) is 42.3 Å². The molecule has 1 N–H and O–H groups in total. The summed E-state index contributed by atoms with van der Waals surface area (Å²) in [4.78, 5) is 8.49. The lowest BCUT2D eigenvalue weighted by molar-refractivity contribution is 0.397. The van der Waals surface area contributed by atoms with E-state index in [-0.39, 0.29) is 6.04 Å². The van der Waals surface area contributed by atoms with E-state index in [0.717, 1.165) is 17.9 Å². The minimum atomic E-state index is 0.201. The zero-order valence-electron chi connectivity index (χ0n) is 10.9. The minimum absolute atomic E-state index is 0.201.